The molecule has 10 heteroatoms. The summed E-state index contributed by atoms with van der Waals surface area (Å²) in [6, 6.07) is 6.20. The second-order valence-electron chi connectivity index (χ2n) is 6.09. The van der Waals surface area contributed by atoms with Crippen molar-refractivity contribution in [1.29, 1.82) is 0 Å². The van der Waals surface area contributed by atoms with Crippen molar-refractivity contribution in [2.45, 2.75) is 31.2 Å². The molecule has 1 aliphatic rings. The van der Waals surface area contributed by atoms with E-state index in [4.69, 9.17) is 11.6 Å². The van der Waals surface area contributed by atoms with Crippen LogP contribution in [0.5, 0.6) is 0 Å². The number of para-hydroxylation sites is 1. The molecular weight excluding hydrogens is 386 g/mol. The zero-order valence-electron chi connectivity index (χ0n) is 13.7. The Hall–Kier alpha value is -1.58. The molecule has 1 fully saturated rings. The van der Waals surface area contributed by atoms with E-state index in [1.807, 2.05) is 0 Å². The van der Waals surface area contributed by atoms with Gasteiger partial charge in [-0.1, -0.05) is 23.7 Å². The van der Waals surface area contributed by atoms with Crippen LogP contribution in [0.1, 0.15) is 23.9 Å². The largest absolute Gasteiger partial charge is 0.278 e. The zero-order valence-corrected chi connectivity index (χ0v) is 16.1. The quantitative estimate of drug-likeness (QED) is 0.844. The van der Waals surface area contributed by atoms with Crippen LogP contribution in [0, 0.1) is 13.8 Å². The summed E-state index contributed by atoms with van der Waals surface area (Å²) in [6.45, 7) is 3.22. The molecule has 1 aromatic carbocycles. The molecule has 1 aliphatic heterocycles. The minimum atomic E-state index is -3.90. The van der Waals surface area contributed by atoms with Crippen molar-refractivity contribution < 1.29 is 16.8 Å². The number of anilines is 1. The molecule has 1 saturated heterocycles. The predicted molar refractivity (Wildman–Crippen MR) is 96.3 cm³/mol. The lowest BCUT2D eigenvalue weighted by Gasteiger charge is -2.12. The highest BCUT2D eigenvalue weighted by molar-refractivity contribution is 7.93. The van der Waals surface area contributed by atoms with Crippen LogP contribution in [0.15, 0.2) is 29.2 Å². The number of halogens is 1. The van der Waals surface area contributed by atoms with Crippen LogP contribution in [-0.4, -0.2) is 38.1 Å². The zero-order chi connectivity index (χ0) is 18.4. The van der Waals surface area contributed by atoms with Gasteiger partial charge in [0.05, 0.1) is 39.6 Å². The molecule has 0 spiro atoms. The molecule has 25 heavy (non-hydrogen) atoms. The molecule has 0 amide bonds. The number of hydrogen-bond donors (Lipinski definition) is 1. The summed E-state index contributed by atoms with van der Waals surface area (Å²) < 4.78 is 53.0. The number of rotatable bonds is 4. The van der Waals surface area contributed by atoms with Crippen LogP contribution >= 0.6 is 11.6 Å². The molecule has 1 aromatic heterocycles. The average Bonchev–Trinajstić information content (AvgIpc) is 3.00. The van der Waals surface area contributed by atoms with E-state index in [9.17, 15) is 16.8 Å². The van der Waals surface area contributed by atoms with E-state index in [-0.39, 0.29) is 33.2 Å². The Balaban J connectivity index is 1.99. The summed E-state index contributed by atoms with van der Waals surface area (Å²) >= 11 is 6.02. The molecule has 0 saturated carbocycles. The van der Waals surface area contributed by atoms with E-state index in [2.05, 4.69) is 9.82 Å². The summed E-state index contributed by atoms with van der Waals surface area (Å²) in [4.78, 5) is 0.0525. The van der Waals surface area contributed by atoms with Gasteiger partial charge in [0.2, 0.25) is 0 Å². The average molecular weight is 404 g/mol. The SMILES string of the molecule is Cc1nn([C@H]2CCS(=O)(=O)C2)c(C)c1S(=O)(=O)Nc1ccccc1Cl. The van der Waals surface area contributed by atoms with Gasteiger partial charge in [-0.25, -0.2) is 16.8 Å². The molecule has 2 heterocycles. The van der Waals surface area contributed by atoms with Gasteiger partial charge in [0.1, 0.15) is 4.90 Å². The first-order valence-corrected chi connectivity index (χ1v) is 11.3. The number of aromatic nitrogens is 2. The van der Waals surface area contributed by atoms with E-state index in [1.54, 1.807) is 38.1 Å². The lowest BCUT2D eigenvalue weighted by atomic mass is 10.2. The molecule has 136 valence electrons. The minimum Gasteiger partial charge on any atom is -0.278 e. The molecule has 7 nitrogen and oxygen atoms in total. The van der Waals surface area contributed by atoms with Gasteiger partial charge in [-0.3, -0.25) is 9.40 Å². The lowest BCUT2D eigenvalue weighted by molar-refractivity contribution is 0.484. The Morgan fingerprint density at radius 1 is 1.28 bits per heavy atom. The van der Waals surface area contributed by atoms with Crippen molar-refractivity contribution in [2.75, 3.05) is 16.2 Å². The molecule has 0 aliphatic carbocycles. The summed E-state index contributed by atoms with van der Waals surface area (Å²) in [5, 5.41) is 4.58. The second-order valence-corrected chi connectivity index (χ2v) is 10.3. The standard InChI is InChI=1S/C15H18ClN3O4S2/c1-10-15(25(22,23)18-14-6-4-3-5-13(14)16)11(2)19(17-10)12-7-8-24(20,21)9-12/h3-6,12,18H,7-9H2,1-2H3/t12-/m0/s1. The second kappa shape index (κ2) is 6.30. The molecule has 0 radical (unpaired) electrons. The number of nitrogens with one attached hydrogen (secondary N) is 1. The maximum absolute atomic E-state index is 12.8. The Bertz CT molecular complexity index is 1030. The van der Waals surface area contributed by atoms with Gasteiger partial charge in [0.25, 0.3) is 10.0 Å². The van der Waals surface area contributed by atoms with Crippen LogP contribution < -0.4 is 4.72 Å². The van der Waals surface area contributed by atoms with Gasteiger partial charge >= 0.3 is 0 Å². The topological polar surface area (TPSA) is 98.1 Å². The van der Waals surface area contributed by atoms with Crippen LogP contribution in [0.3, 0.4) is 0 Å². The molecular formula is C15H18ClN3O4S2. The third kappa shape index (κ3) is 3.54. The summed E-state index contributed by atoms with van der Waals surface area (Å²) in [6.07, 6.45) is 0.432. The van der Waals surface area contributed by atoms with Crippen molar-refractivity contribution >= 4 is 37.1 Å². The highest BCUT2D eigenvalue weighted by Crippen LogP contribution is 2.30. The number of hydrogen-bond acceptors (Lipinski definition) is 5. The summed E-state index contributed by atoms with van der Waals surface area (Å²) in [7, 11) is -7.00. The van der Waals surface area contributed by atoms with Crippen molar-refractivity contribution in [3.63, 3.8) is 0 Å². The predicted octanol–water partition coefficient (Wildman–Crippen LogP) is 2.31. The Labute approximate surface area is 152 Å². The third-order valence-corrected chi connectivity index (χ3v) is 7.90. The molecule has 1 atom stereocenters. The first-order valence-electron chi connectivity index (χ1n) is 7.64. The van der Waals surface area contributed by atoms with Gasteiger partial charge < -0.3 is 0 Å². The third-order valence-electron chi connectivity index (χ3n) is 4.20. The lowest BCUT2D eigenvalue weighted by Crippen LogP contribution is -2.17. The normalized spacial score (nSPS) is 19.9. The number of sulfonamides is 1. The van der Waals surface area contributed by atoms with Gasteiger partial charge in [0, 0.05) is 0 Å². The fourth-order valence-electron chi connectivity index (χ4n) is 3.10. The fraction of sp³-hybridized carbons (Fsp3) is 0.400. The number of benzene rings is 1. The van der Waals surface area contributed by atoms with Crippen LogP contribution in [0.2, 0.25) is 5.02 Å². The van der Waals surface area contributed by atoms with Gasteiger partial charge in [-0.2, -0.15) is 5.10 Å². The highest BCUT2D eigenvalue weighted by atomic mass is 35.5. The monoisotopic (exact) mass is 403 g/mol. The number of nitrogens with zero attached hydrogens (tertiary/aromatic N) is 2. The first kappa shape index (κ1) is 18.2. The maximum Gasteiger partial charge on any atom is 0.265 e. The van der Waals surface area contributed by atoms with E-state index >= 15 is 0 Å². The molecule has 1 N–H and O–H groups in total. The van der Waals surface area contributed by atoms with Crippen molar-refractivity contribution in [2.24, 2.45) is 0 Å². The number of aryl methyl sites for hydroxylation is 1. The van der Waals surface area contributed by atoms with Crippen LogP contribution in [0.4, 0.5) is 5.69 Å². The Morgan fingerprint density at radius 3 is 2.56 bits per heavy atom. The fourth-order valence-corrected chi connectivity index (χ4v) is 6.51. The van der Waals surface area contributed by atoms with Gasteiger partial charge in [-0.05, 0) is 32.4 Å². The van der Waals surface area contributed by atoms with Gasteiger partial charge in [-0.15, -0.1) is 0 Å². The Morgan fingerprint density at radius 2 is 1.96 bits per heavy atom. The van der Waals surface area contributed by atoms with Crippen molar-refractivity contribution in [3.05, 3.63) is 40.7 Å². The Kier molecular flexibility index (Phi) is 4.59. The van der Waals surface area contributed by atoms with E-state index in [0.717, 1.165) is 0 Å². The van der Waals surface area contributed by atoms with E-state index in [0.29, 0.717) is 17.8 Å². The van der Waals surface area contributed by atoms with E-state index < -0.39 is 19.9 Å². The smallest absolute Gasteiger partial charge is 0.265 e. The first-order chi connectivity index (χ1) is 11.6. The maximum atomic E-state index is 12.8. The highest BCUT2D eigenvalue weighted by Gasteiger charge is 2.33. The van der Waals surface area contributed by atoms with Crippen LogP contribution in [-0.2, 0) is 19.9 Å². The number of sulfone groups is 1. The van der Waals surface area contributed by atoms with E-state index in [1.165, 1.54) is 4.68 Å². The molecule has 2 aromatic rings. The minimum absolute atomic E-state index is 0.0214. The van der Waals surface area contributed by atoms with Gasteiger partial charge in [0.15, 0.2) is 9.84 Å². The summed E-state index contributed by atoms with van der Waals surface area (Å²) in [5.41, 5.74) is 1.01. The summed E-state index contributed by atoms with van der Waals surface area (Å²) in [5.74, 6) is 0.0718. The molecule has 0 unspecified atom stereocenters. The van der Waals surface area contributed by atoms with Crippen molar-refractivity contribution in [1.82, 2.24) is 9.78 Å². The van der Waals surface area contributed by atoms with Crippen LogP contribution in [0.25, 0.3) is 0 Å². The van der Waals surface area contributed by atoms with Crippen molar-refractivity contribution in [3.8, 4) is 0 Å². The molecule has 0 bridgehead atoms. The molecule has 3 rings (SSSR count).